The Hall–Kier alpha value is -2.87. The lowest BCUT2D eigenvalue weighted by Gasteiger charge is -2.07. The number of aryl methyl sites for hydroxylation is 1. The summed E-state index contributed by atoms with van der Waals surface area (Å²) in [5.41, 5.74) is 8.59. The number of nitrogens with one attached hydrogen (secondary N) is 1. The molecule has 0 unspecified atom stereocenters. The molecule has 0 atom stereocenters. The highest BCUT2D eigenvalue weighted by Gasteiger charge is 2.03. The van der Waals surface area contributed by atoms with E-state index in [1.807, 2.05) is 30.3 Å². The minimum Gasteiger partial charge on any atom is -0.370 e. The van der Waals surface area contributed by atoms with Crippen molar-refractivity contribution >= 4 is 11.6 Å². The summed E-state index contributed by atoms with van der Waals surface area (Å²) in [7, 11) is 0. The summed E-state index contributed by atoms with van der Waals surface area (Å²) in [6.45, 7) is 2.16. The number of anilines is 1. The first-order valence-corrected chi connectivity index (χ1v) is 6.96. The molecule has 0 aliphatic heterocycles. The number of nitrogens with zero attached hydrogens (tertiary/aromatic N) is 2. The van der Waals surface area contributed by atoms with E-state index >= 15 is 0 Å². The molecule has 0 amide bonds. The number of nitrogens with two attached hydrogens (primary N) is 1. The Kier molecular flexibility index (Phi) is 5.10. The quantitative estimate of drug-likeness (QED) is 0.672. The van der Waals surface area contributed by atoms with Crippen LogP contribution in [0.5, 0.6) is 0 Å². The number of nitriles is 1. The summed E-state index contributed by atoms with van der Waals surface area (Å²) < 4.78 is 13.6. The van der Waals surface area contributed by atoms with E-state index in [2.05, 4.69) is 17.2 Å². The third-order valence-corrected chi connectivity index (χ3v) is 3.23. The third-order valence-electron chi connectivity index (χ3n) is 3.23. The maximum Gasteiger partial charge on any atom is 0.193 e. The smallest absolute Gasteiger partial charge is 0.193 e. The van der Waals surface area contributed by atoms with Gasteiger partial charge in [-0.05, 0) is 42.3 Å². The fraction of sp³-hybridized carbons (Fsp3) is 0.176. The summed E-state index contributed by atoms with van der Waals surface area (Å²) in [5, 5.41) is 11.8. The summed E-state index contributed by atoms with van der Waals surface area (Å²) in [5.74, 6) is -0.200. The zero-order valence-electron chi connectivity index (χ0n) is 12.3. The van der Waals surface area contributed by atoms with Crippen molar-refractivity contribution in [3.05, 3.63) is 65.0 Å². The normalized spacial score (nSPS) is 11.0. The number of halogens is 1. The molecule has 0 aliphatic rings. The minimum atomic E-state index is -0.400. The lowest BCUT2D eigenvalue weighted by molar-refractivity contribution is 0.610. The van der Waals surface area contributed by atoms with Gasteiger partial charge in [0.1, 0.15) is 5.82 Å². The van der Waals surface area contributed by atoms with Gasteiger partial charge in [-0.2, -0.15) is 5.26 Å². The van der Waals surface area contributed by atoms with Gasteiger partial charge < -0.3 is 11.1 Å². The molecule has 4 nitrogen and oxygen atoms in total. The monoisotopic (exact) mass is 296 g/mol. The topological polar surface area (TPSA) is 74.2 Å². The first-order chi connectivity index (χ1) is 10.6. The molecule has 0 heterocycles. The van der Waals surface area contributed by atoms with Gasteiger partial charge in [-0.15, -0.1) is 0 Å². The molecule has 2 aromatic carbocycles. The summed E-state index contributed by atoms with van der Waals surface area (Å²) >= 11 is 0. The average molecular weight is 296 g/mol. The molecule has 0 radical (unpaired) electrons. The van der Waals surface area contributed by atoms with Gasteiger partial charge in [-0.3, -0.25) is 0 Å². The molecule has 0 fully saturated rings. The number of rotatable bonds is 4. The van der Waals surface area contributed by atoms with E-state index in [1.165, 1.54) is 23.8 Å². The van der Waals surface area contributed by atoms with Crippen molar-refractivity contribution in [2.45, 2.75) is 19.9 Å². The molecule has 112 valence electrons. The van der Waals surface area contributed by atoms with Crippen molar-refractivity contribution in [1.82, 2.24) is 0 Å². The van der Waals surface area contributed by atoms with E-state index < -0.39 is 5.82 Å². The van der Waals surface area contributed by atoms with E-state index in [4.69, 9.17) is 11.0 Å². The van der Waals surface area contributed by atoms with Gasteiger partial charge in [-0.25, -0.2) is 9.38 Å². The van der Waals surface area contributed by atoms with Crippen LogP contribution in [-0.2, 0) is 13.0 Å². The van der Waals surface area contributed by atoms with E-state index in [0.717, 1.165) is 12.1 Å². The van der Waals surface area contributed by atoms with Gasteiger partial charge >= 0.3 is 0 Å². The summed E-state index contributed by atoms with van der Waals surface area (Å²) in [6.07, 6.45) is 0.971. The van der Waals surface area contributed by atoms with E-state index in [0.29, 0.717) is 11.1 Å². The van der Waals surface area contributed by atoms with Crippen LogP contribution in [0.1, 0.15) is 23.6 Å². The molecular weight excluding hydrogens is 279 g/mol. The zero-order valence-corrected chi connectivity index (χ0v) is 12.3. The third kappa shape index (κ3) is 4.06. The van der Waals surface area contributed by atoms with Crippen molar-refractivity contribution in [3.8, 4) is 6.07 Å². The molecule has 0 spiro atoms. The Morgan fingerprint density at radius 1 is 1.27 bits per heavy atom. The minimum absolute atomic E-state index is 0.0766. The number of guanidine groups is 1. The Labute approximate surface area is 129 Å². The maximum atomic E-state index is 13.6. The first-order valence-electron chi connectivity index (χ1n) is 6.96. The molecule has 2 rings (SSSR count). The second-order valence-corrected chi connectivity index (χ2v) is 4.79. The van der Waals surface area contributed by atoms with Gasteiger partial charge in [0.15, 0.2) is 5.96 Å². The van der Waals surface area contributed by atoms with Crippen LogP contribution >= 0.6 is 0 Å². The Morgan fingerprint density at radius 3 is 2.64 bits per heavy atom. The molecular formula is C17H17FN4. The van der Waals surface area contributed by atoms with Crippen molar-refractivity contribution in [2.75, 3.05) is 5.32 Å². The molecule has 22 heavy (non-hydrogen) atoms. The summed E-state index contributed by atoms with van der Waals surface area (Å²) in [6, 6.07) is 14.0. The number of hydrogen-bond donors (Lipinski definition) is 2. The number of aliphatic imine (C=N–C) groups is 1. The van der Waals surface area contributed by atoms with Crippen molar-refractivity contribution in [3.63, 3.8) is 0 Å². The number of hydrogen-bond acceptors (Lipinski definition) is 2. The van der Waals surface area contributed by atoms with Crippen LogP contribution < -0.4 is 11.1 Å². The van der Waals surface area contributed by atoms with E-state index in [9.17, 15) is 4.39 Å². The van der Waals surface area contributed by atoms with Crippen LogP contribution in [0.2, 0.25) is 0 Å². The van der Waals surface area contributed by atoms with Crippen LogP contribution in [0.4, 0.5) is 10.1 Å². The van der Waals surface area contributed by atoms with Crippen molar-refractivity contribution < 1.29 is 4.39 Å². The number of benzene rings is 2. The molecule has 0 bridgehead atoms. The van der Waals surface area contributed by atoms with Crippen molar-refractivity contribution in [1.29, 1.82) is 5.26 Å². The molecule has 5 heteroatoms. The SMILES string of the molecule is CCc1ccc(NC(N)=NCc2cc(C#N)ccc2F)cc1. The lowest BCUT2D eigenvalue weighted by Crippen LogP contribution is -2.22. The fourth-order valence-electron chi connectivity index (χ4n) is 1.95. The van der Waals surface area contributed by atoms with Crippen molar-refractivity contribution in [2.24, 2.45) is 10.7 Å². The highest BCUT2D eigenvalue weighted by molar-refractivity contribution is 5.92. The van der Waals surface area contributed by atoms with Gasteiger partial charge in [0.25, 0.3) is 0 Å². The second kappa shape index (κ2) is 7.23. The summed E-state index contributed by atoms with van der Waals surface area (Å²) in [4.78, 5) is 4.10. The second-order valence-electron chi connectivity index (χ2n) is 4.79. The highest BCUT2D eigenvalue weighted by Crippen LogP contribution is 2.12. The Morgan fingerprint density at radius 2 is 2.00 bits per heavy atom. The van der Waals surface area contributed by atoms with Crippen LogP contribution in [0.25, 0.3) is 0 Å². The first kappa shape index (κ1) is 15.5. The molecule has 0 saturated heterocycles. The lowest BCUT2D eigenvalue weighted by atomic mass is 10.1. The van der Waals surface area contributed by atoms with Crippen LogP contribution in [0.15, 0.2) is 47.5 Å². The zero-order chi connectivity index (χ0) is 15.9. The predicted molar refractivity (Wildman–Crippen MR) is 85.9 cm³/mol. The fourth-order valence-corrected chi connectivity index (χ4v) is 1.95. The van der Waals surface area contributed by atoms with Crippen LogP contribution in [0, 0.1) is 17.1 Å². The van der Waals surface area contributed by atoms with Gasteiger partial charge in [0.05, 0.1) is 18.2 Å². The maximum absolute atomic E-state index is 13.6. The van der Waals surface area contributed by atoms with Gasteiger partial charge in [0, 0.05) is 11.3 Å². The highest BCUT2D eigenvalue weighted by atomic mass is 19.1. The molecule has 0 aromatic heterocycles. The molecule has 0 saturated carbocycles. The van der Waals surface area contributed by atoms with E-state index in [-0.39, 0.29) is 12.5 Å². The largest absolute Gasteiger partial charge is 0.370 e. The Bertz CT molecular complexity index is 714. The molecule has 2 aromatic rings. The average Bonchev–Trinajstić information content (AvgIpc) is 2.55. The molecule has 3 N–H and O–H groups in total. The van der Waals surface area contributed by atoms with Crippen LogP contribution in [-0.4, -0.2) is 5.96 Å². The molecule has 0 aliphatic carbocycles. The Balaban J connectivity index is 2.04. The van der Waals surface area contributed by atoms with Gasteiger partial charge in [-0.1, -0.05) is 19.1 Å². The predicted octanol–water partition coefficient (Wildman–Crippen LogP) is 3.19. The van der Waals surface area contributed by atoms with Gasteiger partial charge in [0.2, 0.25) is 0 Å². The standard InChI is InChI=1S/C17H17FN4/c1-2-12-3-6-15(7-4-12)22-17(20)21-11-14-9-13(10-19)5-8-16(14)18/h3-9H,2,11H2,1H3,(H3,20,21,22). The van der Waals surface area contributed by atoms with E-state index in [1.54, 1.807) is 0 Å². The van der Waals surface area contributed by atoms with Crippen LogP contribution in [0.3, 0.4) is 0 Å².